The molecule has 0 amide bonds. The van der Waals surface area contributed by atoms with Crippen molar-refractivity contribution < 1.29 is 9.47 Å². The van der Waals surface area contributed by atoms with Crippen LogP contribution in [0.4, 0.5) is 0 Å². The molecule has 2 aromatic rings. The van der Waals surface area contributed by atoms with E-state index in [1.165, 1.54) is 5.56 Å². The maximum Gasteiger partial charge on any atom is 0.231 e. The fourth-order valence-electron chi connectivity index (χ4n) is 4.15. The number of fused-ring (bicyclic) bond motifs is 1. The molecule has 0 saturated carbocycles. The lowest BCUT2D eigenvalue weighted by Gasteiger charge is -2.40. The first kappa shape index (κ1) is 19.6. The average molecular weight is 398 g/mol. The highest BCUT2D eigenvalue weighted by Crippen LogP contribution is 2.36. The number of nitrogens with one attached hydrogen (secondary N) is 1. The van der Waals surface area contributed by atoms with Gasteiger partial charge in [0.25, 0.3) is 0 Å². The molecule has 2 aliphatic rings. The molecule has 2 atom stereocenters. The first-order chi connectivity index (χ1) is 14.0. The zero-order chi connectivity index (χ0) is 20.4. The smallest absolute Gasteiger partial charge is 0.231 e. The molecule has 4 rings (SSSR count). The number of aliphatic imine (C=N–C) groups is 1. The standard InChI is InChI=1S/C22H31N5O2/c1-16-7-9-26(12-18(16)27-10-8-24-14-27)21(23-4)25-13-22(2,3)17-5-6-19-20(11-17)29-15-28-19/h5-6,8,10-11,14,16,18H,7,9,12-13,15H2,1-4H3,(H,23,25). The van der Waals surface area contributed by atoms with Crippen LogP contribution in [0.3, 0.4) is 0 Å². The van der Waals surface area contributed by atoms with Crippen LogP contribution in [0, 0.1) is 5.92 Å². The summed E-state index contributed by atoms with van der Waals surface area (Å²) in [5, 5.41) is 3.61. The minimum atomic E-state index is -0.0796. The molecule has 0 bridgehead atoms. The second-order valence-corrected chi connectivity index (χ2v) is 8.64. The van der Waals surface area contributed by atoms with Crippen molar-refractivity contribution in [1.29, 1.82) is 0 Å². The number of guanidine groups is 1. The Labute approximate surface area is 172 Å². The van der Waals surface area contributed by atoms with Crippen molar-refractivity contribution in [3.05, 3.63) is 42.5 Å². The number of nitrogens with zero attached hydrogens (tertiary/aromatic N) is 4. The van der Waals surface area contributed by atoms with Crippen molar-refractivity contribution in [2.75, 3.05) is 33.5 Å². The van der Waals surface area contributed by atoms with E-state index in [1.54, 1.807) is 0 Å². The van der Waals surface area contributed by atoms with Crippen LogP contribution in [-0.2, 0) is 5.41 Å². The number of benzene rings is 1. The van der Waals surface area contributed by atoms with Gasteiger partial charge in [0.2, 0.25) is 6.79 Å². The van der Waals surface area contributed by atoms with E-state index in [9.17, 15) is 0 Å². The van der Waals surface area contributed by atoms with Gasteiger partial charge in [0.15, 0.2) is 17.5 Å². The third-order valence-electron chi connectivity index (χ3n) is 6.18. The number of hydrogen-bond donors (Lipinski definition) is 1. The van der Waals surface area contributed by atoms with Gasteiger partial charge in [-0.15, -0.1) is 0 Å². The predicted molar refractivity (Wildman–Crippen MR) is 114 cm³/mol. The van der Waals surface area contributed by atoms with Crippen molar-refractivity contribution in [3.8, 4) is 11.5 Å². The highest BCUT2D eigenvalue weighted by Gasteiger charge is 2.30. The summed E-state index contributed by atoms with van der Waals surface area (Å²) >= 11 is 0. The average Bonchev–Trinajstić information content (AvgIpc) is 3.40. The van der Waals surface area contributed by atoms with E-state index in [0.29, 0.717) is 18.8 Å². The van der Waals surface area contributed by atoms with E-state index in [-0.39, 0.29) is 5.41 Å². The van der Waals surface area contributed by atoms with Crippen LogP contribution in [0.2, 0.25) is 0 Å². The van der Waals surface area contributed by atoms with Gasteiger partial charge in [-0.05, 0) is 30.0 Å². The third-order valence-corrected chi connectivity index (χ3v) is 6.18. The Balaban J connectivity index is 1.42. The van der Waals surface area contributed by atoms with E-state index in [4.69, 9.17) is 9.47 Å². The van der Waals surface area contributed by atoms with Crippen molar-refractivity contribution in [2.24, 2.45) is 10.9 Å². The van der Waals surface area contributed by atoms with Crippen LogP contribution < -0.4 is 14.8 Å². The molecule has 1 saturated heterocycles. The number of rotatable bonds is 4. The maximum absolute atomic E-state index is 5.55. The van der Waals surface area contributed by atoms with Crippen molar-refractivity contribution in [1.82, 2.24) is 19.8 Å². The van der Waals surface area contributed by atoms with Crippen molar-refractivity contribution in [3.63, 3.8) is 0 Å². The SMILES string of the molecule is CN=C(NCC(C)(C)c1ccc2c(c1)OCO2)N1CCC(C)C(n2ccnc2)C1. The molecule has 1 fully saturated rings. The maximum atomic E-state index is 5.55. The summed E-state index contributed by atoms with van der Waals surface area (Å²) in [6.07, 6.45) is 6.97. The van der Waals surface area contributed by atoms with E-state index in [0.717, 1.165) is 43.5 Å². The molecule has 1 aromatic carbocycles. The number of aromatic nitrogens is 2. The Bertz CT molecular complexity index is 862. The lowest BCUT2D eigenvalue weighted by atomic mass is 9.84. The zero-order valence-corrected chi connectivity index (χ0v) is 17.8. The summed E-state index contributed by atoms with van der Waals surface area (Å²) in [5.41, 5.74) is 1.14. The molecule has 3 heterocycles. The molecule has 1 N–H and O–H groups in total. The Morgan fingerprint density at radius 2 is 2.14 bits per heavy atom. The third kappa shape index (κ3) is 4.04. The van der Waals surface area contributed by atoms with Gasteiger partial charge in [-0.1, -0.05) is 26.8 Å². The van der Waals surface area contributed by atoms with Gasteiger partial charge >= 0.3 is 0 Å². The largest absolute Gasteiger partial charge is 0.454 e. The van der Waals surface area contributed by atoms with Gasteiger partial charge in [0.05, 0.1) is 12.4 Å². The van der Waals surface area contributed by atoms with Crippen LogP contribution >= 0.6 is 0 Å². The van der Waals surface area contributed by atoms with E-state index >= 15 is 0 Å². The lowest BCUT2D eigenvalue weighted by molar-refractivity contribution is 0.174. The summed E-state index contributed by atoms with van der Waals surface area (Å²) in [5.74, 6) is 3.22. The predicted octanol–water partition coefficient (Wildman–Crippen LogP) is 3.05. The molecule has 0 radical (unpaired) electrons. The fraction of sp³-hybridized carbons (Fsp3) is 0.545. The minimum Gasteiger partial charge on any atom is -0.454 e. The Morgan fingerprint density at radius 1 is 1.31 bits per heavy atom. The van der Waals surface area contributed by atoms with Gasteiger partial charge in [0, 0.05) is 44.5 Å². The number of piperidine rings is 1. The Hall–Kier alpha value is -2.70. The van der Waals surface area contributed by atoms with Crippen LogP contribution in [0.15, 0.2) is 41.9 Å². The zero-order valence-electron chi connectivity index (χ0n) is 17.8. The van der Waals surface area contributed by atoms with Crippen LogP contribution in [0.25, 0.3) is 0 Å². The molecule has 2 aliphatic heterocycles. The molecule has 1 aromatic heterocycles. The summed E-state index contributed by atoms with van der Waals surface area (Å²) in [7, 11) is 1.86. The number of imidazole rings is 1. The van der Waals surface area contributed by atoms with E-state index in [1.807, 2.05) is 25.6 Å². The van der Waals surface area contributed by atoms with Gasteiger partial charge in [-0.3, -0.25) is 4.99 Å². The van der Waals surface area contributed by atoms with Gasteiger partial charge in [-0.25, -0.2) is 4.98 Å². The summed E-state index contributed by atoms with van der Waals surface area (Å²) < 4.78 is 13.2. The van der Waals surface area contributed by atoms with E-state index in [2.05, 4.69) is 63.9 Å². The fourth-order valence-corrected chi connectivity index (χ4v) is 4.15. The summed E-state index contributed by atoms with van der Waals surface area (Å²) in [6, 6.07) is 6.61. The number of hydrogen-bond acceptors (Lipinski definition) is 4. The molecule has 156 valence electrons. The molecule has 29 heavy (non-hydrogen) atoms. The number of likely N-dealkylation sites (tertiary alicyclic amines) is 1. The molecule has 7 nitrogen and oxygen atoms in total. The Kier molecular flexibility index (Phi) is 5.39. The molecule has 2 unspecified atom stereocenters. The van der Waals surface area contributed by atoms with Crippen molar-refractivity contribution >= 4 is 5.96 Å². The Morgan fingerprint density at radius 3 is 2.90 bits per heavy atom. The molecule has 7 heteroatoms. The topological polar surface area (TPSA) is 63.9 Å². The molecular formula is C22H31N5O2. The second kappa shape index (κ2) is 7.97. The first-order valence-corrected chi connectivity index (χ1v) is 10.3. The van der Waals surface area contributed by atoms with Crippen LogP contribution in [0.5, 0.6) is 11.5 Å². The van der Waals surface area contributed by atoms with Gasteiger partial charge < -0.3 is 24.3 Å². The molecule has 0 aliphatic carbocycles. The highest BCUT2D eigenvalue weighted by atomic mass is 16.7. The molecular weight excluding hydrogens is 366 g/mol. The van der Waals surface area contributed by atoms with Gasteiger partial charge in [0.1, 0.15) is 0 Å². The lowest BCUT2D eigenvalue weighted by Crippen LogP contribution is -2.51. The van der Waals surface area contributed by atoms with E-state index < -0.39 is 0 Å². The normalized spacial score (nSPS) is 22.1. The van der Waals surface area contributed by atoms with Crippen LogP contribution in [-0.4, -0.2) is 53.9 Å². The number of ether oxygens (including phenoxy) is 2. The van der Waals surface area contributed by atoms with Crippen LogP contribution in [0.1, 0.15) is 38.8 Å². The van der Waals surface area contributed by atoms with Crippen molar-refractivity contribution in [2.45, 2.75) is 38.6 Å². The monoisotopic (exact) mass is 397 g/mol. The quantitative estimate of drug-likeness (QED) is 0.635. The minimum absolute atomic E-state index is 0.0796. The second-order valence-electron chi connectivity index (χ2n) is 8.64. The molecule has 0 spiro atoms. The summed E-state index contributed by atoms with van der Waals surface area (Å²) in [4.78, 5) is 11.2. The summed E-state index contributed by atoms with van der Waals surface area (Å²) in [6.45, 7) is 9.81. The highest BCUT2D eigenvalue weighted by molar-refractivity contribution is 5.80. The first-order valence-electron chi connectivity index (χ1n) is 10.3. The van der Waals surface area contributed by atoms with Gasteiger partial charge in [-0.2, -0.15) is 0 Å².